The van der Waals surface area contributed by atoms with E-state index in [9.17, 15) is 4.79 Å². The fourth-order valence-corrected chi connectivity index (χ4v) is 3.35. The van der Waals surface area contributed by atoms with E-state index in [0.29, 0.717) is 26.2 Å². The fraction of sp³-hybridized carbons (Fsp3) is 0.524. The normalized spacial score (nSPS) is 16.5. The third-order valence-corrected chi connectivity index (χ3v) is 4.85. The predicted molar refractivity (Wildman–Crippen MR) is 108 cm³/mol. The molecule has 7 nitrogen and oxygen atoms in total. The number of benzene rings is 1. The molecule has 0 bridgehead atoms. The summed E-state index contributed by atoms with van der Waals surface area (Å²) in [5, 5.41) is 7.53. The second-order valence-electron chi connectivity index (χ2n) is 7.44. The minimum absolute atomic E-state index is 0.0785. The number of carbonyl (C=O) groups is 1. The number of carbonyl (C=O) groups excluding carboxylic acids is 1. The summed E-state index contributed by atoms with van der Waals surface area (Å²) in [6, 6.07) is 9.60. The number of nitrogens with one attached hydrogen (secondary N) is 1. The highest BCUT2D eigenvalue weighted by atomic mass is 16.6. The Morgan fingerprint density at radius 2 is 2.11 bits per heavy atom. The zero-order valence-electron chi connectivity index (χ0n) is 17.1. The van der Waals surface area contributed by atoms with Crippen molar-refractivity contribution in [2.45, 2.75) is 40.3 Å². The van der Waals surface area contributed by atoms with Crippen LogP contribution in [0.15, 0.2) is 30.3 Å². The van der Waals surface area contributed by atoms with Crippen LogP contribution in [0.2, 0.25) is 0 Å². The SMILES string of the molecule is CCN(CC1COc2ccccc2O1)C(=O)NCC(C)Cn1nc(C)cc1C. The molecule has 0 fully saturated rings. The summed E-state index contributed by atoms with van der Waals surface area (Å²) in [6.45, 7) is 11.0. The fourth-order valence-electron chi connectivity index (χ4n) is 3.35. The van der Waals surface area contributed by atoms with Crippen LogP contribution in [0.5, 0.6) is 11.5 Å². The maximum absolute atomic E-state index is 12.6. The molecular weight excluding hydrogens is 356 g/mol. The summed E-state index contributed by atoms with van der Waals surface area (Å²) in [5.74, 6) is 1.76. The Bertz CT molecular complexity index is 805. The van der Waals surface area contributed by atoms with Gasteiger partial charge in [-0.1, -0.05) is 19.1 Å². The van der Waals surface area contributed by atoms with Crippen LogP contribution in [0, 0.1) is 19.8 Å². The van der Waals surface area contributed by atoms with E-state index in [1.54, 1.807) is 4.90 Å². The molecule has 1 aromatic carbocycles. The molecule has 0 radical (unpaired) electrons. The first-order valence-electron chi connectivity index (χ1n) is 9.88. The number of para-hydroxylation sites is 2. The van der Waals surface area contributed by atoms with Gasteiger partial charge in [0.2, 0.25) is 0 Å². The maximum atomic E-state index is 12.6. The van der Waals surface area contributed by atoms with Gasteiger partial charge >= 0.3 is 6.03 Å². The lowest BCUT2D eigenvalue weighted by molar-refractivity contribution is 0.0674. The van der Waals surface area contributed by atoms with E-state index in [2.05, 4.69) is 30.3 Å². The number of urea groups is 1. The van der Waals surface area contributed by atoms with Crippen LogP contribution in [0.1, 0.15) is 25.2 Å². The Hall–Kier alpha value is -2.70. The molecule has 0 saturated carbocycles. The number of fused-ring (bicyclic) bond motifs is 1. The average Bonchev–Trinajstić information content (AvgIpc) is 3.00. The molecule has 28 heavy (non-hydrogen) atoms. The molecule has 7 heteroatoms. The summed E-state index contributed by atoms with van der Waals surface area (Å²) in [4.78, 5) is 14.4. The first-order valence-corrected chi connectivity index (χ1v) is 9.88. The molecule has 0 saturated heterocycles. The van der Waals surface area contributed by atoms with Crippen molar-refractivity contribution in [3.05, 3.63) is 41.7 Å². The van der Waals surface area contributed by atoms with Gasteiger partial charge in [-0.15, -0.1) is 0 Å². The summed E-state index contributed by atoms with van der Waals surface area (Å²) in [6.07, 6.45) is -0.173. The molecule has 2 heterocycles. The number of nitrogens with zero attached hydrogens (tertiary/aromatic N) is 3. The van der Waals surface area contributed by atoms with Crippen LogP contribution < -0.4 is 14.8 Å². The van der Waals surface area contributed by atoms with Crippen molar-refractivity contribution in [3.8, 4) is 11.5 Å². The Morgan fingerprint density at radius 3 is 2.79 bits per heavy atom. The lowest BCUT2D eigenvalue weighted by Gasteiger charge is -2.31. The Balaban J connectivity index is 1.48. The Morgan fingerprint density at radius 1 is 1.36 bits per heavy atom. The third-order valence-electron chi connectivity index (χ3n) is 4.85. The van der Waals surface area contributed by atoms with Crippen LogP contribution in [0.3, 0.4) is 0 Å². The van der Waals surface area contributed by atoms with Crippen molar-refractivity contribution in [2.75, 3.05) is 26.2 Å². The molecule has 0 aliphatic carbocycles. The lowest BCUT2D eigenvalue weighted by atomic mass is 10.2. The molecule has 2 unspecified atom stereocenters. The minimum Gasteiger partial charge on any atom is -0.486 e. The maximum Gasteiger partial charge on any atom is 0.317 e. The van der Waals surface area contributed by atoms with Gasteiger partial charge in [0, 0.05) is 25.3 Å². The van der Waals surface area contributed by atoms with Gasteiger partial charge in [0.05, 0.1) is 12.2 Å². The number of aromatic nitrogens is 2. The predicted octanol–water partition coefficient (Wildman–Crippen LogP) is 3.01. The topological polar surface area (TPSA) is 68.6 Å². The van der Waals surface area contributed by atoms with Gasteiger partial charge < -0.3 is 19.7 Å². The van der Waals surface area contributed by atoms with Crippen molar-refractivity contribution in [1.29, 1.82) is 0 Å². The van der Waals surface area contributed by atoms with Crippen molar-refractivity contribution in [2.24, 2.45) is 5.92 Å². The number of ether oxygens (including phenoxy) is 2. The highest BCUT2D eigenvalue weighted by molar-refractivity contribution is 5.74. The van der Waals surface area contributed by atoms with E-state index in [4.69, 9.17) is 9.47 Å². The standard InChI is InChI=1S/C21H30N4O3/c1-5-24(13-18-14-27-19-8-6-7-9-20(19)28-18)21(26)22-11-15(2)12-25-17(4)10-16(3)23-25/h6-10,15,18H,5,11-14H2,1-4H3,(H,22,26). The lowest BCUT2D eigenvalue weighted by Crippen LogP contribution is -2.48. The highest BCUT2D eigenvalue weighted by Crippen LogP contribution is 2.31. The minimum atomic E-state index is -0.173. The quantitative estimate of drug-likeness (QED) is 0.794. The first-order chi connectivity index (χ1) is 13.5. The number of hydrogen-bond donors (Lipinski definition) is 1. The van der Waals surface area contributed by atoms with Crippen LogP contribution in [-0.2, 0) is 6.54 Å². The van der Waals surface area contributed by atoms with E-state index >= 15 is 0 Å². The van der Waals surface area contributed by atoms with Gasteiger partial charge in [0.15, 0.2) is 17.6 Å². The van der Waals surface area contributed by atoms with Crippen molar-refractivity contribution in [3.63, 3.8) is 0 Å². The average molecular weight is 386 g/mol. The molecule has 1 aliphatic rings. The molecule has 1 aromatic heterocycles. The Kier molecular flexibility index (Phi) is 6.44. The van der Waals surface area contributed by atoms with E-state index in [-0.39, 0.29) is 18.1 Å². The van der Waals surface area contributed by atoms with Gasteiger partial charge in [-0.3, -0.25) is 4.68 Å². The second kappa shape index (κ2) is 8.99. The van der Waals surface area contributed by atoms with Crippen molar-refractivity contribution >= 4 is 6.03 Å². The summed E-state index contributed by atoms with van der Waals surface area (Å²) >= 11 is 0. The molecule has 1 aliphatic heterocycles. The second-order valence-corrected chi connectivity index (χ2v) is 7.44. The van der Waals surface area contributed by atoms with Crippen LogP contribution in [0.25, 0.3) is 0 Å². The smallest absolute Gasteiger partial charge is 0.317 e. The van der Waals surface area contributed by atoms with E-state index < -0.39 is 0 Å². The molecule has 152 valence electrons. The zero-order valence-corrected chi connectivity index (χ0v) is 17.1. The van der Waals surface area contributed by atoms with Crippen molar-refractivity contribution in [1.82, 2.24) is 20.0 Å². The van der Waals surface area contributed by atoms with Gasteiger partial charge in [-0.2, -0.15) is 5.10 Å². The molecule has 2 amide bonds. The molecule has 2 aromatic rings. The van der Waals surface area contributed by atoms with E-state index in [1.807, 2.05) is 42.8 Å². The molecule has 2 atom stereocenters. The van der Waals surface area contributed by atoms with E-state index in [0.717, 1.165) is 29.4 Å². The van der Waals surface area contributed by atoms with Gasteiger partial charge in [0.1, 0.15) is 6.61 Å². The van der Waals surface area contributed by atoms with Crippen LogP contribution >= 0.6 is 0 Å². The number of hydrogen-bond acceptors (Lipinski definition) is 4. The highest BCUT2D eigenvalue weighted by Gasteiger charge is 2.24. The number of amides is 2. The number of likely N-dealkylation sites (N-methyl/N-ethyl adjacent to an activating group) is 1. The Labute approximate surface area is 166 Å². The molecule has 3 rings (SSSR count). The van der Waals surface area contributed by atoms with Gasteiger partial charge in [0.25, 0.3) is 0 Å². The molecule has 0 spiro atoms. The number of aryl methyl sites for hydroxylation is 2. The monoisotopic (exact) mass is 386 g/mol. The van der Waals surface area contributed by atoms with Crippen LogP contribution in [0.4, 0.5) is 4.79 Å². The summed E-state index contributed by atoms with van der Waals surface area (Å²) in [7, 11) is 0. The third kappa shape index (κ3) is 4.97. The zero-order chi connectivity index (χ0) is 20.1. The van der Waals surface area contributed by atoms with Crippen LogP contribution in [-0.4, -0.2) is 53.1 Å². The first kappa shape index (κ1) is 20.0. The van der Waals surface area contributed by atoms with Gasteiger partial charge in [-0.05, 0) is 44.9 Å². The largest absolute Gasteiger partial charge is 0.486 e. The van der Waals surface area contributed by atoms with Gasteiger partial charge in [-0.25, -0.2) is 4.79 Å². The van der Waals surface area contributed by atoms with Crippen molar-refractivity contribution < 1.29 is 14.3 Å². The van der Waals surface area contributed by atoms with E-state index in [1.165, 1.54) is 0 Å². The summed E-state index contributed by atoms with van der Waals surface area (Å²) in [5.41, 5.74) is 2.16. The number of rotatable bonds is 7. The molecular formula is C21H30N4O3. The molecule has 1 N–H and O–H groups in total. The summed E-state index contributed by atoms with van der Waals surface area (Å²) < 4.78 is 13.7.